The summed E-state index contributed by atoms with van der Waals surface area (Å²) in [5.41, 5.74) is 0. The van der Waals surface area contributed by atoms with Crippen LogP contribution < -0.4 is 0 Å². The molecule has 25 heavy (non-hydrogen) atoms. The number of hydrogen-bond acceptors (Lipinski definition) is 4. The Morgan fingerprint density at radius 1 is 1.04 bits per heavy atom. The van der Waals surface area contributed by atoms with Crippen LogP contribution in [0.15, 0.2) is 17.3 Å². The molecule has 1 aromatic rings. The van der Waals surface area contributed by atoms with Crippen LogP contribution in [-0.2, 0) is 0 Å². The number of hydrogen-bond donors (Lipinski definition) is 0. The number of unbranched alkanes of at least 4 members (excludes halogenated alkanes) is 7. The predicted molar refractivity (Wildman–Crippen MR) is 118 cm³/mol. The van der Waals surface area contributed by atoms with E-state index in [0.29, 0.717) is 10.0 Å². The summed E-state index contributed by atoms with van der Waals surface area (Å²) in [6.45, 7) is 2.62. The molecule has 2 heterocycles. The third-order valence-corrected chi connectivity index (χ3v) is 6.92. The van der Waals surface area contributed by atoms with Crippen molar-refractivity contribution in [1.29, 1.82) is 0 Å². The maximum Gasteiger partial charge on any atom is 0.115 e. The van der Waals surface area contributed by atoms with E-state index in [1.54, 1.807) is 24.0 Å². The molecule has 0 amide bonds. The van der Waals surface area contributed by atoms with E-state index in [0.717, 1.165) is 10.8 Å². The Balaban J connectivity index is 0.00000312. The molecule has 0 aromatic carbocycles. The normalized spacial score (nSPS) is 14.6. The highest BCUT2D eigenvalue weighted by Gasteiger charge is 2.10. The molecule has 1 fully saturated rings. The molecule has 2 rings (SSSR count). The first-order valence-corrected chi connectivity index (χ1v) is 11.9. The van der Waals surface area contributed by atoms with Gasteiger partial charge in [-0.2, -0.15) is 0 Å². The van der Waals surface area contributed by atoms with Gasteiger partial charge in [-0.3, -0.25) is 4.90 Å². The van der Waals surface area contributed by atoms with Gasteiger partial charge < -0.3 is 0 Å². The molecule has 0 bridgehead atoms. The third kappa shape index (κ3) is 10.6. The highest BCUT2D eigenvalue weighted by Crippen LogP contribution is 2.27. The summed E-state index contributed by atoms with van der Waals surface area (Å²) in [6, 6.07) is 1.76. The lowest BCUT2D eigenvalue weighted by atomic mass is 10.1. The van der Waals surface area contributed by atoms with Gasteiger partial charge in [0, 0.05) is 24.4 Å². The van der Waals surface area contributed by atoms with Crippen LogP contribution >= 0.6 is 59.1 Å². The minimum atomic E-state index is 0. The lowest BCUT2D eigenvalue weighted by Crippen LogP contribution is -2.20. The minimum Gasteiger partial charge on any atom is -0.293 e. The van der Waals surface area contributed by atoms with Crippen LogP contribution in [0.4, 0.5) is 0 Å². The Bertz CT molecular complexity index is 472. The smallest absolute Gasteiger partial charge is 0.115 e. The Morgan fingerprint density at radius 2 is 1.72 bits per heavy atom. The van der Waals surface area contributed by atoms with Crippen molar-refractivity contribution in [2.75, 3.05) is 30.5 Å². The van der Waals surface area contributed by atoms with Crippen molar-refractivity contribution in [2.45, 2.75) is 56.4 Å². The SMILES string of the molecule is Cl.Clc1cnc(SCCCCCCCCCCN2CCSC2)c(Cl)c1. The van der Waals surface area contributed by atoms with E-state index in [1.165, 1.54) is 76.1 Å². The third-order valence-electron chi connectivity index (χ3n) is 4.21. The van der Waals surface area contributed by atoms with Crippen molar-refractivity contribution in [2.24, 2.45) is 0 Å². The van der Waals surface area contributed by atoms with Gasteiger partial charge in [-0.15, -0.1) is 35.9 Å². The van der Waals surface area contributed by atoms with Crippen LogP contribution in [0, 0.1) is 0 Å². The van der Waals surface area contributed by atoms with Crippen molar-refractivity contribution >= 4 is 59.1 Å². The maximum atomic E-state index is 6.12. The van der Waals surface area contributed by atoms with Gasteiger partial charge in [-0.25, -0.2) is 4.98 Å². The fourth-order valence-electron chi connectivity index (χ4n) is 2.80. The largest absolute Gasteiger partial charge is 0.293 e. The molecule has 0 unspecified atom stereocenters. The highest BCUT2D eigenvalue weighted by molar-refractivity contribution is 7.99. The number of thioether (sulfide) groups is 2. The molecule has 0 N–H and O–H groups in total. The van der Waals surface area contributed by atoms with Crippen molar-refractivity contribution in [3.8, 4) is 0 Å². The van der Waals surface area contributed by atoms with Gasteiger partial charge in [-0.05, 0) is 31.2 Å². The standard InChI is InChI=1S/C18H28Cl2N2S2.ClH/c19-16-13-17(20)18(21-14-16)24-11-8-6-4-2-1-3-5-7-9-22-10-12-23-15-22;/h13-14H,1-12,15H2;1H. The number of rotatable bonds is 12. The second-order valence-electron chi connectivity index (χ2n) is 6.27. The Kier molecular flexibility index (Phi) is 13.9. The molecule has 0 radical (unpaired) electrons. The molecule has 0 atom stereocenters. The molecule has 2 nitrogen and oxygen atoms in total. The lowest BCUT2D eigenvalue weighted by Gasteiger charge is -2.12. The quantitative estimate of drug-likeness (QED) is 0.254. The van der Waals surface area contributed by atoms with Crippen LogP contribution in [0.5, 0.6) is 0 Å². The minimum absolute atomic E-state index is 0. The second-order valence-corrected chi connectivity index (χ2v) is 9.27. The molecule has 7 heteroatoms. The summed E-state index contributed by atoms with van der Waals surface area (Å²) in [5.74, 6) is 3.68. The number of nitrogens with zero attached hydrogens (tertiary/aromatic N) is 2. The van der Waals surface area contributed by atoms with E-state index in [-0.39, 0.29) is 12.4 Å². The van der Waals surface area contributed by atoms with E-state index in [9.17, 15) is 0 Å². The van der Waals surface area contributed by atoms with Crippen LogP contribution in [0.1, 0.15) is 51.4 Å². The first-order valence-electron chi connectivity index (χ1n) is 8.99. The van der Waals surface area contributed by atoms with Crippen LogP contribution in [0.2, 0.25) is 10.0 Å². The zero-order chi connectivity index (χ0) is 17.0. The second kappa shape index (κ2) is 14.7. The van der Waals surface area contributed by atoms with Crippen LogP contribution in [0.3, 0.4) is 0 Å². The molecule has 144 valence electrons. The summed E-state index contributed by atoms with van der Waals surface area (Å²) in [4.78, 5) is 6.86. The zero-order valence-corrected chi connectivity index (χ0v) is 18.7. The number of pyridine rings is 1. The first kappa shape index (κ1) is 23.7. The van der Waals surface area contributed by atoms with Crippen molar-refractivity contribution < 1.29 is 0 Å². The molecular formula is C18H29Cl3N2S2. The van der Waals surface area contributed by atoms with Gasteiger partial charge in [0.1, 0.15) is 5.03 Å². The Morgan fingerprint density at radius 3 is 2.36 bits per heavy atom. The number of halogens is 3. The topological polar surface area (TPSA) is 16.1 Å². The van der Waals surface area contributed by atoms with Gasteiger partial charge in [0.05, 0.1) is 10.0 Å². The molecule has 0 spiro atoms. The molecule has 0 aliphatic carbocycles. The van der Waals surface area contributed by atoms with E-state index >= 15 is 0 Å². The van der Waals surface area contributed by atoms with Gasteiger partial charge in [0.15, 0.2) is 0 Å². The molecular weight excluding hydrogens is 415 g/mol. The summed E-state index contributed by atoms with van der Waals surface area (Å²) in [5, 5.41) is 2.17. The summed E-state index contributed by atoms with van der Waals surface area (Å²) >= 11 is 15.8. The molecule has 1 aliphatic rings. The van der Waals surface area contributed by atoms with Gasteiger partial charge in [0.2, 0.25) is 0 Å². The zero-order valence-electron chi connectivity index (χ0n) is 14.7. The van der Waals surface area contributed by atoms with Crippen molar-refractivity contribution in [3.05, 3.63) is 22.3 Å². The maximum absolute atomic E-state index is 6.12. The lowest BCUT2D eigenvalue weighted by molar-refractivity contribution is 0.343. The highest BCUT2D eigenvalue weighted by atomic mass is 35.5. The fourth-order valence-corrected chi connectivity index (χ4v) is 5.25. The van der Waals surface area contributed by atoms with E-state index < -0.39 is 0 Å². The van der Waals surface area contributed by atoms with Crippen LogP contribution in [0.25, 0.3) is 0 Å². The predicted octanol–water partition coefficient (Wildman–Crippen LogP) is 7.03. The molecule has 1 aromatic heterocycles. The van der Waals surface area contributed by atoms with Crippen molar-refractivity contribution in [3.63, 3.8) is 0 Å². The van der Waals surface area contributed by atoms with E-state index in [4.69, 9.17) is 23.2 Å². The number of aromatic nitrogens is 1. The van der Waals surface area contributed by atoms with E-state index in [1.807, 2.05) is 0 Å². The van der Waals surface area contributed by atoms with E-state index in [2.05, 4.69) is 21.6 Å². The molecule has 0 saturated carbocycles. The summed E-state index contributed by atoms with van der Waals surface area (Å²) in [6.07, 6.45) is 12.5. The van der Waals surface area contributed by atoms with Gasteiger partial charge >= 0.3 is 0 Å². The Hall–Kier alpha value is 0.680. The summed E-state index contributed by atoms with van der Waals surface area (Å²) < 4.78 is 0. The molecule has 1 saturated heterocycles. The van der Waals surface area contributed by atoms with Crippen molar-refractivity contribution in [1.82, 2.24) is 9.88 Å². The summed E-state index contributed by atoms with van der Waals surface area (Å²) in [7, 11) is 0. The monoisotopic (exact) mass is 442 g/mol. The fraction of sp³-hybridized carbons (Fsp3) is 0.722. The average Bonchev–Trinajstić information content (AvgIpc) is 3.07. The molecule has 1 aliphatic heterocycles. The van der Waals surface area contributed by atoms with Crippen LogP contribution in [-0.4, -0.2) is 40.4 Å². The first-order chi connectivity index (χ1) is 11.8. The average molecular weight is 444 g/mol. The van der Waals surface area contributed by atoms with Gasteiger partial charge in [-0.1, -0.05) is 61.7 Å². The van der Waals surface area contributed by atoms with Gasteiger partial charge in [0.25, 0.3) is 0 Å². The Labute approximate surface area is 177 Å².